The van der Waals surface area contributed by atoms with Gasteiger partial charge in [0.15, 0.2) is 0 Å². The van der Waals surface area contributed by atoms with Crippen molar-refractivity contribution in [1.82, 2.24) is 0 Å². The fourth-order valence-electron chi connectivity index (χ4n) is 1.80. The lowest BCUT2D eigenvalue weighted by atomic mass is 10.2. The number of halogens is 1. The Hall–Kier alpha value is -3.09. The van der Waals surface area contributed by atoms with Gasteiger partial charge in [-0.25, -0.2) is 14.0 Å². The van der Waals surface area contributed by atoms with E-state index in [1.165, 1.54) is 42.5 Å². The van der Waals surface area contributed by atoms with E-state index < -0.39 is 17.8 Å². The summed E-state index contributed by atoms with van der Waals surface area (Å²) in [4.78, 5) is 23.4. The van der Waals surface area contributed by atoms with Crippen molar-refractivity contribution < 1.29 is 23.8 Å². The van der Waals surface area contributed by atoms with E-state index in [9.17, 15) is 19.1 Å². The number of esters is 1. The molecule has 2 aromatic carbocycles. The number of hydrogen-bond acceptors (Lipinski definition) is 4. The summed E-state index contributed by atoms with van der Waals surface area (Å²) in [5.74, 6) is -1.25. The summed E-state index contributed by atoms with van der Waals surface area (Å²) in [5.41, 5.74) is 0.693. The van der Waals surface area contributed by atoms with Gasteiger partial charge in [-0.1, -0.05) is 0 Å². The second-order valence-electron chi connectivity index (χ2n) is 4.54. The Morgan fingerprint density at radius 2 is 1.83 bits per heavy atom. The van der Waals surface area contributed by atoms with Crippen LogP contribution in [-0.4, -0.2) is 23.7 Å². The molecule has 120 valence electrons. The fourth-order valence-corrected chi connectivity index (χ4v) is 1.80. The van der Waals surface area contributed by atoms with Crippen molar-refractivity contribution in [2.45, 2.75) is 6.92 Å². The van der Waals surface area contributed by atoms with E-state index >= 15 is 0 Å². The third kappa shape index (κ3) is 4.44. The third-order valence-corrected chi connectivity index (χ3v) is 2.86. The fraction of sp³-hybridized carbons (Fsp3) is 0.125. The molecule has 23 heavy (non-hydrogen) atoms. The lowest BCUT2D eigenvalue weighted by molar-refractivity contribution is 0.0526. The van der Waals surface area contributed by atoms with Gasteiger partial charge >= 0.3 is 12.0 Å². The van der Waals surface area contributed by atoms with Gasteiger partial charge in [0.25, 0.3) is 0 Å². The summed E-state index contributed by atoms with van der Waals surface area (Å²) < 4.78 is 17.6. The molecule has 0 heterocycles. The van der Waals surface area contributed by atoms with E-state index in [-0.39, 0.29) is 23.6 Å². The highest BCUT2D eigenvalue weighted by Gasteiger charge is 2.12. The number of aromatic hydroxyl groups is 1. The number of phenolic OH excluding ortho intramolecular Hbond substituents is 1. The maximum absolute atomic E-state index is 12.8. The largest absolute Gasteiger partial charge is 0.506 e. The summed E-state index contributed by atoms with van der Waals surface area (Å²) in [5, 5.41) is 14.8. The number of nitrogens with one attached hydrogen (secondary N) is 2. The standard InChI is InChI=1S/C16H15FN2O4/c1-2-23-15(21)10-3-8-13(14(20)9-10)19-16(22)18-12-6-4-11(17)5-7-12/h3-9,20H,2H2,1H3,(H2,18,19,22). The van der Waals surface area contributed by atoms with Crippen LogP contribution in [0.5, 0.6) is 5.75 Å². The maximum atomic E-state index is 12.8. The molecule has 6 nitrogen and oxygen atoms in total. The number of ether oxygens (including phenoxy) is 1. The highest BCUT2D eigenvalue weighted by atomic mass is 19.1. The van der Waals surface area contributed by atoms with Gasteiger partial charge in [0.1, 0.15) is 11.6 Å². The second-order valence-corrected chi connectivity index (χ2v) is 4.54. The normalized spacial score (nSPS) is 10.0. The molecule has 0 unspecified atom stereocenters. The molecule has 0 spiro atoms. The number of rotatable bonds is 4. The van der Waals surface area contributed by atoms with Gasteiger partial charge in [0.2, 0.25) is 0 Å². The Kier molecular flexibility index (Phi) is 5.14. The Morgan fingerprint density at radius 1 is 1.13 bits per heavy atom. The molecule has 0 bridgehead atoms. The monoisotopic (exact) mass is 318 g/mol. The van der Waals surface area contributed by atoms with E-state index in [4.69, 9.17) is 4.74 Å². The van der Waals surface area contributed by atoms with Crippen LogP contribution in [0.15, 0.2) is 42.5 Å². The molecule has 2 amide bonds. The summed E-state index contributed by atoms with van der Waals surface area (Å²) in [6, 6.07) is 8.61. The number of amides is 2. The van der Waals surface area contributed by atoms with Gasteiger partial charge in [-0.15, -0.1) is 0 Å². The van der Waals surface area contributed by atoms with Crippen molar-refractivity contribution in [3.05, 3.63) is 53.8 Å². The van der Waals surface area contributed by atoms with E-state index in [1.54, 1.807) is 6.92 Å². The number of hydrogen-bond donors (Lipinski definition) is 3. The minimum absolute atomic E-state index is 0.123. The number of urea groups is 1. The SMILES string of the molecule is CCOC(=O)c1ccc(NC(=O)Nc2ccc(F)cc2)c(O)c1. The van der Waals surface area contributed by atoms with Crippen LogP contribution in [0.4, 0.5) is 20.6 Å². The van der Waals surface area contributed by atoms with Crippen LogP contribution < -0.4 is 10.6 Å². The zero-order valence-electron chi connectivity index (χ0n) is 12.3. The number of phenols is 1. The summed E-state index contributed by atoms with van der Waals surface area (Å²) >= 11 is 0. The molecular formula is C16H15FN2O4. The molecule has 0 saturated heterocycles. The number of anilines is 2. The summed E-state index contributed by atoms with van der Waals surface area (Å²) in [7, 11) is 0. The first-order valence-corrected chi connectivity index (χ1v) is 6.83. The van der Waals surface area contributed by atoms with Gasteiger partial charge in [0, 0.05) is 5.69 Å². The van der Waals surface area contributed by atoms with Crippen LogP contribution in [0.1, 0.15) is 17.3 Å². The number of benzene rings is 2. The average molecular weight is 318 g/mol. The van der Waals surface area contributed by atoms with Crippen molar-refractivity contribution in [2.75, 3.05) is 17.2 Å². The maximum Gasteiger partial charge on any atom is 0.338 e. The molecule has 0 aromatic heterocycles. The molecule has 3 N–H and O–H groups in total. The predicted molar refractivity (Wildman–Crippen MR) is 83.1 cm³/mol. The number of carbonyl (C=O) groups is 2. The minimum Gasteiger partial charge on any atom is -0.506 e. The topological polar surface area (TPSA) is 87.7 Å². The van der Waals surface area contributed by atoms with E-state index in [1.807, 2.05) is 0 Å². The molecule has 2 rings (SSSR count). The zero-order chi connectivity index (χ0) is 16.8. The van der Waals surface area contributed by atoms with Crippen LogP contribution in [0.2, 0.25) is 0 Å². The highest BCUT2D eigenvalue weighted by Crippen LogP contribution is 2.25. The highest BCUT2D eigenvalue weighted by molar-refractivity contribution is 6.01. The molecule has 0 fully saturated rings. The van der Waals surface area contributed by atoms with Crippen molar-refractivity contribution in [3.8, 4) is 5.75 Å². The van der Waals surface area contributed by atoms with Crippen LogP contribution in [0.25, 0.3) is 0 Å². The van der Waals surface area contributed by atoms with E-state index in [0.29, 0.717) is 5.69 Å². The van der Waals surface area contributed by atoms with Crippen LogP contribution >= 0.6 is 0 Å². The lowest BCUT2D eigenvalue weighted by Crippen LogP contribution is -2.19. The molecule has 2 aromatic rings. The van der Waals surface area contributed by atoms with Gasteiger partial charge in [-0.2, -0.15) is 0 Å². The molecule has 0 atom stereocenters. The Bertz CT molecular complexity index is 717. The van der Waals surface area contributed by atoms with E-state index in [0.717, 1.165) is 0 Å². The van der Waals surface area contributed by atoms with Gasteiger partial charge in [-0.05, 0) is 49.4 Å². The minimum atomic E-state index is -0.615. The number of carbonyl (C=O) groups excluding carboxylic acids is 2. The van der Waals surface area contributed by atoms with Crippen molar-refractivity contribution in [2.24, 2.45) is 0 Å². The van der Waals surface area contributed by atoms with Crippen LogP contribution in [0.3, 0.4) is 0 Å². The molecule has 7 heteroatoms. The first-order valence-electron chi connectivity index (χ1n) is 6.83. The van der Waals surface area contributed by atoms with Crippen molar-refractivity contribution in [1.29, 1.82) is 0 Å². The van der Waals surface area contributed by atoms with Crippen LogP contribution in [0, 0.1) is 5.82 Å². The second kappa shape index (κ2) is 7.26. The lowest BCUT2D eigenvalue weighted by Gasteiger charge is -2.10. The molecule has 0 aliphatic heterocycles. The Balaban J connectivity index is 2.03. The van der Waals surface area contributed by atoms with Crippen LogP contribution in [-0.2, 0) is 4.74 Å². The van der Waals surface area contributed by atoms with Crippen molar-refractivity contribution >= 4 is 23.4 Å². The van der Waals surface area contributed by atoms with Gasteiger partial charge < -0.3 is 20.5 Å². The first-order chi connectivity index (χ1) is 11.0. The predicted octanol–water partition coefficient (Wildman–Crippen LogP) is 3.35. The van der Waals surface area contributed by atoms with E-state index in [2.05, 4.69) is 10.6 Å². The zero-order valence-corrected chi connectivity index (χ0v) is 12.3. The third-order valence-electron chi connectivity index (χ3n) is 2.86. The molecule has 0 aliphatic rings. The molecule has 0 radical (unpaired) electrons. The summed E-state index contributed by atoms with van der Waals surface area (Å²) in [6.07, 6.45) is 0. The quantitative estimate of drug-likeness (QED) is 0.596. The molecular weight excluding hydrogens is 303 g/mol. The smallest absolute Gasteiger partial charge is 0.338 e. The van der Waals surface area contributed by atoms with Crippen molar-refractivity contribution in [3.63, 3.8) is 0 Å². The summed E-state index contributed by atoms with van der Waals surface area (Å²) in [6.45, 7) is 1.90. The Morgan fingerprint density at radius 3 is 2.43 bits per heavy atom. The molecule has 0 aliphatic carbocycles. The Labute approximate surface area is 131 Å². The van der Waals surface area contributed by atoms with Gasteiger partial charge in [0.05, 0.1) is 17.9 Å². The molecule has 0 saturated carbocycles. The van der Waals surface area contributed by atoms with Gasteiger partial charge in [-0.3, -0.25) is 0 Å². The average Bonchev–Trinajstić information content (AvgIpc) is 2.52. The first kappa shape index (κ1) is 16.3.